The molecule has 0 aromatic carbocycles. The summed E-state index contributed by atoms with van der Waals surface area (Å²) in [4.78, 5) is 1.38. The number of hydrogen-bond acceptors (Lipinski definition) is 0. The molecule has 1 aliphatic carbocycles. The molecule has 63 valence electrons. The summed E-state index contributed by atoms with van der Waals surface area (Å²) in [6.07, 6.45) is 6.55. The zero-order valence-electron chi connectivity index (χ0n) is 6.47. The van der Waals surface area contributed by atoms with Crippen molar-refractivity contribution >= 4 is 29.6 Å². The van der Waals surface area contributed by atoms with Gasteiger partial charge in [0, 0.05) is 0 Å². The third-order valence-electron chi connectivity index (χ3n) is 1.81. The van der Waals surface area contributed by atoms with Crippen LogP contribution in [-0.2, 0) is 17.9 Å². The molecule has 0 nitrogen and oxygen atoms in total. The summed E-state index contributed by atoms with van der Waals surface area (Å²) in [7, 11) is 12.2. The Labute approximate surface area is 87.9 Å². The van der Waals surface area contributed by atoms with Crippen molar-refractivity contribution in [3.8, 4) is 0 Å². The van der Waals surface area contributed by atoms with E-state index in [0.717, 1.165) is 0 Å². The third-order valence-corrected chi connectivity index (χ3v) is 14.4. The van der Waals surface area contributed by atoms with E-state index in [1.54, 1.807) is 0 Å². The molecule has 0 N–H and O–H groups in total. The molecule has 1 aliphatic heterocycles. The van der Waals surface area contributed by atoms with Crippen molar-refractivity contribution in [3.05, 3.63) is 34.3 Å². The van der Waals surface area contributed by atoms with E-state index >= 15 is 0 Å². The van der Waals surface area contributed by atoms with Gasteiger partial charge in [0.25, 0.3) is 0 Å². The zero-order valence-corrected chi connectivity index (χ0v) is 11.3. The SMILES string of the molecule is CC1=CC2=CC=[S]([Zr]([Cl])[Cl])C2=C1. The van der Waals surface area contributed by atoms with Crippen molar-refractivity contribution in [1.82, 2.24) is 0 Å². The van der Waals surface area contributed by atoms with E-state index in [2.05, 4.69) is 30.5 Å². The molecule has 0 spiro atoms. The number of rotatable bonds is 1. The van der Waals surface area contributed by atoms with Crippen molar-refractivity contribution in [2.75, 3.05) is 0 Å². The number of fused-ring (bicyclic) bond motifs is 1. The molecule has 4 heteroatoms. The Morgan fingerprint density at radius 3 is 2.75 bits per heavy atom. The van der Waals surface area contributed by atoms with Crippen molar-refractivity contribution in [1.29, 1.82) is 0 Å². The predicted octanol–water partition coefficient (Wildman–Crippen LogP) is 3.68. The molecule has 2 rings (SSSR count). The molecule has 0 aromatic heterocycles. The molecule has 2 aliphatic rings. The van der Waals surface area contributed by atoms with E-state index in [9.17, 15) is 0 Å². The normalized spacial score (nSPS) is 25.6. The maximum atomic E-state index is 6.04. The number of hydrogen-bond donors (Lipinski definition) is 0. The Bertz CT molecular complexity index is 350. The van der Waals surface area contributed by atoms with Crippen LogP contribution >= 0.6 is 24.3 Å². The fraction of sp³-hybridized carbons (Fsp3) is 0.125. The molecule has 0 aromatic rings. The predicted molar refractivity (Wildman–Crippen MR) is 55.3 cm³/mol. The van der Waals surface area contributed by atoms with Gasteiger partial charge in [0.05, 0.1) is 0 Å². The fourth-order valence-electron chi connectivity index (χ4n) is 1.32. The minimum absolute atomic E-state index is 0.114. The Hall–Kier alpha value is 0.903. The van der Waals surface area contributed by atoms with E-state index in [4.69, 9.17) is 17.0 Å². The van der Waals surface area contributed by atoms with Gasteiger partial charge in [0.1, 0.15) is 0 Å². The summed E-state index contributed by atoms with van der Waals surface area (Å²) in [6.45, 7) is 2.11. The van der Waals surface area contributed by atoms with Gasteiger partial charge in [-0.05, 0) is 0 Å². The van der Waals surface area contributed by atoms with Gasteiger partial charge in [-0.25, -0.2) is 0 Å². The van der Waals surface area contributed by atoms with Gasteiger partial charge in [0.15, 0.2) is 0 Å². The summed E-state index contributed by atoms with van der Waals surface area (Å²) in [5.74, 6) is 0. The van der Waals surface area contributed by atoms with Crippen LogP contribution in [-0.4, -0.2) is 5.37 Å². The molecule has 0 radical (unpaired) electrons. The first-order valence-electron chi connectivity index (χ1n) is 3.55. The maximum absolute atomic E-state index is 6.04. The van der Waals surface area contributed by atoms with E-state index in [1.165, 1.54) is 16.1 Å². The second-order valence-electron chi connectivity index (χ2n) is 2.72. The Morgan fingerprint density at radius 1 is 1.33 bits per heavy atom. The van der Waals surface area contributed by atoms with Crippen molar-refractivity contribution < 1.29 is 17.9 Å². The van der Waals surface area contributed by atoms with Crippen LogP contribution in [0.3, 0.4) is 0 Å². The molecule has 0 bridgehead atoms. The van der Waals surface area contributed by atoms with Crippen molar-refractivity contribution in [3.63, 3.8) is 0 Å². The van der Waals surface area contributed by atoms with E-state index in [-0.39, 0.29) is 7.24 Å². The first kappa shape index (κ1) is 9.46. The number of allylic oxidation sites excluding steroid dienone is 5. The van der Waals surface area contributed by atoms with E-state index in [0.29, 0.717) is 0 Å². The van der Waals surface area contributed by atoms with Crippen LogP contribution in [0.5, 0.6) is 0 Å². The van der Waals surface area contributed by atoms with Gasteiger partial charge in [-0.1, -0.05) is 0 Å². The first-order chi connectivity index (χ1) is 5.68. The molecule has 1 atom stereocenters. The van der Waals surface area contributed by atoms with Gasteiger partial charge in [-0.2, -0.15) is 0 Å². The third kappa shape index (κ3) is 1.59. The fourth-order valence-corrected chi connectivity index (χ4v) is 11.3. The first-order valence-corrected chi connectivity index (χ1v) is 14.2. The Morgan fingerprint density at radius 2 is 2.08 bits per heavy atom. The Balaban J connectivity index is 2.35. The molecular formula is C8H7Cl2SZr. The molecular weight excluding hydrogens is 290 g/mol. The molecule has 0 fully saturated rings. The summed E-state index contributed by atoms with van der Waals surface area (Å²) >= 11 is -2.09. The van der Waals surface area contributed by atoms with Crippen LogP contribution in [0.15, 0.2) is 34.3 Å². The standard InChI is InChI=1S/C8H7S.2ClH.Zr/c1-6-4-7-2-3-9-8(7)5-6;;;/h2-5H,1H3;2*1H;/q+1;;;+1/p-2. The average Bonchev–Trinajstić information content (AvgIpc) is 2.43. The second-order valence-corrected chi connectivity index (χ2v) is 19.1. The van der Waals surface area contributed by atoms with Crippen LogP contribution < -0.4 is 0 Å². The number of halogens is 2. The molecule has 0 amide bonds. The van der Waals surface area contributed by atoms with Crippen LogP contribution in [0.1, 0.15) is 6.92 Å². The molecule has 1 unspecified atom stereocenters. The van der Waals surface area contributed by atoms with Gasteiger partial charge in [-0.3, -0.25) is 0 Å². The summed E-state index contributed by atoms with van der Waals surface area (Å²) in [5.41, 5.74) is 2.65. The van der Waals surface area contributed by atoms with E-state index < -0.39 is 17.9 Å². The topological polar surface area (TPSA) is 0 Å². The van der Waals surface area contributed by atoms with Crippen molar-refractivity contribution in [2.24, 2.45) is 0 Å². The monoisotopic (exact) mass is 295 g/mol. The van der Waals surface area contributed by atoms with E-state index in [1.807, 2.05) is 0 Å². The summed E-state index contributed by atoms with van der Waals surface area (Å²) in [5, 5.41) is 2.18. The molecule has 12 heavy (non-hydrogen) atoms. The van der Waals surface area contributed by atoms with Gasteiger partial charge >= 0.3 is 88.7 Å². The van der Waals surface area contributed by atoms with Gasteiger partial charge in [-0.15, -0.1) is 0 Å². The van der Waals surface area contributed by atoms with Crippen LogP contribution in [0.25, 0.3) is 0 Å². The van der Waals surface area contributed by atoms with Crippen LogP contribution in [0, 0.1) is 0 Å². The van der Waals surface area contributed by atoms with Crippen LogP contribution in [0.2, 0.25) is 0 Å². The molecule has 1 heterocycles. The minimum atomic E-state index is -2.09. The summed E-state index contributed by atoms with van der Waals surface area (Å²) < 4.78 is 0. The van der Waals surface area contributed by atoms with Gasteiger partial charge in [0.2, 0.25) is 0 Å². The van der Waals surface area contributed by atoms with Gasteiger partial charge < -0.3 is 0 Å². The van der Waals surface area contributed by atoms with Crippen molar-refractivity contribution in [2.45, 2.75) is 6.92 Å². The molecule has 0 saturated heterocycles. The second kappa shape index (κ2) is 3.57. The summed E-state index contributed by atoms with van der Waals surface area (Å²) in [6, 6.07) is 0. The quantitative estimate of drug-likeness (QED) is 0.648. The zero-order chi connectivity index (χ0) is 8.72. The average molecular weight is 297 g/mol. The van der Waals surface area contributed by atoms with Crippen LogP contribution in [0.4, 0.5) is 0 Å². The Kier molecular flexibility index (Phi) is 2.82. The molecule has 0 saturated carbocycles.